The zero-order chi connectivity index (χ0) is 22.9. The maximum Gasteiger partial charge on any atom is 0.301 e. The Morgan fingerprint density at radius 3 is 2.41 bits per heavy atom. The summed E-state index contributed by atoms with van der Waals surface area (Å²) in [6.45, 7) is 8.22. The van der Waals surface area contributed by atoms with Crippen LogP contribution in [-0.2, 0) is 10.2 Å². The Labute approximate surface area is 190 Å². The molecule has 2 aromatic carbocycles. The van der Waals surface area contributed by atoms with E-state index in [1.165, 1.54) is 29.8 Å². The molecule has 1 heterocycles. The van der Waals surface area contributed by atoms with Crippen LogP contribution in [0, 0.1) is 0 Å². The zero-order valence-corrected chi connectivity index (χ0v) is 19.4. The van der Waals surface area contributed by atoms with E-state index in [9.17, 15) is 9.90 Å². The van der Waals surface area contributed by atoms with Crippen molar-refractivity contribution >= 4 is 28.7 Å². The fraction of sp³-hybridized carbons (Fsp3) is 0.423. The first-order chi connectivity index (χ1) is 15.3. The maximum atomic E-state index is 13.0. The van der Waals surface area contributed by atoms with Crippen molar-refractivity contribution in [2.75, 3.05) is 10.4 Å². The van der Waals surface area contributed by atoms with Crippen molar-refractivity contribution in [2.24, 2.45) is 10.2 Å². The second-order valence-corrected chi connectivity index (χ2v) is 9.75. The predicted octanol–water partition coefficient (Wildman–Crippen LogP) is 5.93. The van der Waals surface area contributed by atoms with Gasteiger partial charge in [0.2, 0.25) is 0 Å². The molecule has 2 N–H and O–H groups in total. The molecule has 6 nitrogen and oxygen atoms in total. The van der Waals surface area contributed by atoms with Crippen molar-refractivity contribution in [3.63, 3.8) is 0 Å². The summed E-state index contributed by atoms with van der Waals surface area (Å²) in [4.78, 5) is 13.0. The lowest BCUT2D eigenvalue weighted by atomic mass is 9.83. The number of para-hydroxylation sites is 1. The third-order valence-corrected chi connectivity index (χ3v) is 6.37. The highest BCUT2D eigenvalue weighted by Crippen LogP contribution is 2.40. The van der Waals surface area contributed by atoms with E-state index in [1.807, 2.05) is 36.4 Å². The van der Waals surface area contributed by atoms with Crippen molar-refractivity contribution < 1.29 is 9.90 Å². The van der Waals surface area contributed by atoms with Crippen molar-refractivity contribution in [1.82, 2.24) is 0 Å². The molecule has 4 rings (SSSR count). The number of anilines is 2. The first kappa shape index (κ1) is 22.1. The summed E-state index contributed by atoms with van der Waals surface area (Å²) in [5, 5.41) is 20.9. The number of amides is 1. The van der Waals surface area contributed by atoms with E-state index in [2.05, 4.69) is 36.4 Å². The van der Waals surface area contributed by atoms with Crippen LogP contribution in [0.25, 0.3) is 0 Å². The average molecular weight is 433 g/mol. The molecule has 0 radical (unpaired) electrons. The number of hydrogen-bond acceptors (Lipinski definition) is 5. The number of hydrogen-bond donors (Lipinski definition) is 2. The first-order valence-electron chi connectivity index (χ1n) is 11.4. The topological polar surface area (TPSA) is 77.3 Å². The molecule has 1 fully saturated rings. The third-order valence-electron chi connectivity index (χ3n) is 6.37. The molecule has 2 aliphatic rings. The number of nitrogens with one attached hydrogen (secondary N) is 1. The zero-order valence-electron chi connectivity index (χ0n) is 19.4. The third kappa shape index (κ3) is 4.40. The molecule has 1 amide bonds. The van der Waals surface area contributed by atoms with Gasteiger partial charge in [-0.05, 0) is 60.4 Å². The van der Waals surface area contributed by atoms with Crippen LogP contribution in [-0.4, -0.2) is 22.4 Å². The van der Waals surface area contributed by atoms with Crippen molar-refractivity contribution in [1.29, 1.82) is 0 Å². The summed E-state index contributed by atoms with van der Waals surface area (Å²) >= 11 is 0. The van der Waals surface area contributed by atoms with Gasteiger partial charge in [0.15, 0.2) is 5.71 Å². The van der Waals surface area contributed by atoms with Crippen LogP contribution in [0.4, 0.5) is 11.4 Å². The number of aromatic hydroxyl groups is 1. The minimum Gasteiger partial charge on any atom is -0.505 e. The summed E-state index contributed by atoms with van der Waals surface area (Å²) in [6.07, 6.45) is 5.85. The fourth-order valence-corrected chi connectivity index (χ4v) is 4.41. The Bertz CT molecular complexity index is 1060. The summed E-state index contributed by atoms with van der Waals surface area (Å²) in [5.41, 5.74) is 7.08. The van der Waals surface area contributed by atoms with E-state index in [-0.39, 0.29) is 22.8 Å². The van der Waals surface area contributed by atoms with Crippen LogP contribution in [0.5, 0.6) is 5.75 Å². The monoisotopic (exact) mass is 432 g/mol. The number of benzene rings is 2. The van der Waals surface area contributed by atoms with Crippen molar-refractivity contribution in [2.45, 2.75) is 71.1 Å². The fourth-order valence-electron chi connectivity index (χ4n) is 4.41. The highest BCUT2D eigenvalue weighted by molar-refractivity contribution is 6.71. The molecule has 1 aliphatic heterocycles. The molecule has 0 bridgehead atoms. The van der Waals surface area contributed by atoms with Crippen LogP contribution in [0.2, 0.25) is 0 Å². The Balaban J connectivity index is 1.52. The molecule has 168 valence electrons. The van der Waals surface area contributed by atoms with Crippen molar-refractivity contribution in [3.8, 4) is 5.75 Å². The summed E-state index contributed by atoms with van der Waals surface area (Å²) in [5.74, 6) is 0.306. The second kappa shape index (κ2) is 8.77. The number of carbonyl (C=O) groups excluding carboxylic acids is 1. The molecule has 32 heavy (non-hydrogen) atoms. The largest absolute Gasteiger partial charge is 0.505 e. The first-order valence-corrected chi connectivity index (χ1v) is 11.4. The van der Waals surface area contributed by atoms with Crippen LogP contribution in [0.1, 0.15) is 76.8 Å². The number of rotatable bonds is 4. The Kier molecular flexibility index (Phi) is 6.04. The van der Waals surface area contributed by atoms with Gasteiger partial charge in [-0.3, -0.25) is 10.2 Å². The number of carbonyl (C=O) groups is 1. The number of phenols is 1. The lowest BCUT2D eigenvalue weighted by molar-refractivity contribution is -0.112. The molecule has 6 heteroatoms. The normalized spacial score (nSPS) is 18.9. The Hall–Kier alpha value is -3.15. The van der Waals surface area contributed by atoms with Gasteiger partial charge in [-0.15, -0.1) is 0 Å². The molecule has 0 spiro atoms. The SMILES string of the molecule is CC1=NN(c2ccc(C(C)(C)C)cc2)C(=O)/C1=N/Nc1cccc(C2CCCCC2)c1O. The molecule has 0 saturated heterocycles. The summed E-state index contributed by atoms with van der Waals surface area (Å²) < 4.78 is 0. The highest BCUT2D eigenvalue weighted by atomic mass is 16.3. The van der Waals surface area contributed by atoms with Gasteiger partial charge in [0.05, 0.1) is 17.1 Å². The highest BCUT2D eigenvalue weighted by Gasteiger charge is 2.31. The molecule has 2 aromatic rings. The van der Waals surface area contributed by atoms with Gasteiger partial charge in [0.25, 0.3) is 0 Å². The van der Waals surface area contributed by atoms with E-state index in [1.54, 1.807) is 13.0 Å². The standard InChI is InChI=1S/C26H32N4O2/c1-17-23(25(32)30(29-17)20-15-13-19(14-16-20)26(2,3)4)28-27-22-12-8-11-21(24(22)31)18-9-6-5-7-10-18/h8,11-16,18,27,31H,5-7,9-10H2,1-4H3/b28-23+. The van der Waals surface area contributed by atoms with Gasteiger partial charge < -0.3 is 5.11 Å². The maximum absolute atomic E-state index is 13.0. The number of nitrogens with zero attached hydrogens (tertiary/aromatic N) is 3. The Morgan fingerprint density at radius 1 is 1.06 bits per heavy atom. The van der Waals surface area contributed by atoms with Crippen LogP contribution >= 0.6 is 0 Å². The minimum atomic E-state index is -0.290. The molecular weight excluding hydrogens is 400 g/mol. The van der Waals surface area contributed by atoms with Gasteiger partial charge in [0.1, 0.15) is 5.75 Å². The van der Waals surface area contributed by atoms with Crippen LogP contribution < -0.4 is 10.4 Å². The second-order valence-electron chi connectivity index (χ2n) is 9.75. The Morgan fingerprint density at radius 2 is 1.75 bits per heavy atom. The van der Waals surface area contributed by atoms with E-state index >= 15 is 0 Å². The van der Waals surface area contributed by atoms with Crippen LogP contribution in [0.3, 0.4) is 0 Å². The lowest BCUT2D eigenvalue weighted by Gasteiger charge is -2.23. The molecule has 0 aromatic heterocycles. The number of phenolic OH excluding ortho intramolecular Hbond substituents is 1. The van der Waals surface area contributed by atoms with Gasteiger partial charge in [0, 0.05) is 0 Å². The minimum absolute atomic E-state index is 0.0391. The predicted molar refractivity (Wildman–Crippen MR) is 131 cm³/mol. The average Bonchev–Trinajstić information content (AvgIpc) is 3.06. The van der Waals surface area contributed by atoms with E-state index in [4.69, 9.17) is 0 Å². The summed E-state index contributed by atoms with van der Waals surface area (Å²) in [6, 6.07) is 13.6. The van der Waals surface area contributed by atoms with Gasteiger partial charge in [-0.1, -0.05) is 64.3 Å². The lowest BCUT2D eigenvalue weighted by Crippen LogP contribution is -2.28. The molecule has 1 aliphatic carbocycles. The van der Waals surface area contributed by atoms with E-state index in [0.717, 1.165) is 18.4 Å². The summed E-state index contributed by atoms with van der Waals surface area (Å²) in [7, 11) is 0. The van der Waals surface area contributed by atoms with E-state index in [0.29, 0.717) is 23.0 Å². The van der Waals surface area contributed by atoms with Crippen LogP contribution in [0.15, 0.2) is 52.7 Å². The molecule has 1 saturated carbocycles. The van der Waals surface area contributed by atoms with Gasteiger partial charge in [-0.2, -0.15) is 15.2 Å². The number of hydrazone groups is 2. The quantitative estimate of drug-likeness (QED) is 0.464. The molecule has 0 unspecified atom stereocenters. The molecular formula is C26H32N4O2. The van der Waals surface area contributed by atoms with Crippen molar-refractivity contribution in [3.05, 3.63) is 53.6 Å². The van der Waals surface area contributed by atoms with Gasteiger partial charge in [-0.25, -0.2) is 0 Å². The molecule has 0 atom stereocenters. The smallest absolute Gasteiger partial charge is 0.301 e. The van der Waals surface area contributed by atoms with E-state index < -0.39 is 0 Å². The van der Waals surface area contributed by atoms with Gasteiger partial charge >= 0.3 is 5.91 Å².